The van der Waals surface area contributed by atoms with Crippen LogP contribution in [-0.4, -0.2) is 27.3 Å². The predicted molar refractivity (Wildman–Crippen MR) is 114 cm³/mol. The number of halogens is 1. The maximum Gasteiger partial charge on any atom is 0.258 e. The fourth-order valence-electron chi connectivity index (χ4n) is 6.49. The van der Waals surface area contributed by atoms with E-state index in [4.69, 9.17) is 11.6 Å². The van der Waals surface area contributed by atoms with E-state index in [0.717, 1.165) is 18.3 Å². The number of H-pyrrole nitrogens is 1. The van der Waals surface area contributed by atoms with Gasteiger partial charge in [0.2, 0.25) is 5.91 Å². The van der Waals surface area contributed by atoms with Gasteiger partial charge in [-0.3, -0.25) is 9.59 Å². The average Bonchev–Trinajstić information content (AvgIpc) is 2.66. The van der Waals surface area contributed by atoms with Crippen LogP contribution in [0.25, 0.3) is 10.9 Å². The zero-order valence-corrected chi connectivity index (χ0v) is 17.6. The van der Waals surface area contributed by atoms with Crippen molar-refractivity contribution in [3.63, 3.8) is 0 Å². The number of rotatable bonds is 5. The van der Waals surface area contributed by atoms with Gasteiger partial charge in [0, 0.05) is 17.5 Å². The molecule has 4 fully saturated rings. The van der Waals surface area contributed by atoms with E-state index in [1.54, 1.807) is 18.2 Å². The fourth-order valence-corrected chi connectivity index (χ4v) is 6.66. The van der Waals surface area contributed by atoms with Crippen molar-refractivity contribution >= 4 is 28.4 Å². The van der Waals surface area contributed by atoms with Gasteiger partial charge < -0.3 is 9.88 Å². The molecule has 2 aromatic rings. The highest BCUT2D eigenvalue weighted by Gasteiger charge is 2.51. The first-order chi connectivity index (χ1) is 14.0. The van der Waals surface area contributed by atoms with Crippen LogP contribution in [0.5, 0.6) is 0 Å². The van der Waals surface area contributed by atoms with Crippen LogP contribution in [0.3, 0.4) is 0 Å². The second-order valence-corrected chi connectivity index (χ2v) is 9.83. The van der Waals surface area contributed by atoms with Crippen molar-refractivity contribution in [2.45, 2.75) is 52.0 Å². The molecule has 4 bridgehead atoms. The Morgan fingerprint density at radius 3 is 2.52 bits per heavy atom. The number of hydrogen-bond donors (Lipinski definition) is 1. The number of nitrogens with zero attached hydrogens (tertiary/aromatic N) is 2. The summed E-state index contributed by atoms with van der Waals surface area (Å²) < 4.78 is 0. The summed E-state index contributed by atoms with van der Waals surface area (Å²) in [7, 11) is 0. The molecule has 0 unspecified atom stereocenters. The number of amides is 1. The number of fused-ring (bicyclic) bond motifs is 1. The normalized spacial score (nSPS) is 30.1. The topological polar surface area (TPSA) is 66.1 Å². The molecule has 1 heterocycles. The maximum atomic E-state index is 13.6. The van der Waals surface area contributed by atoms with Crippen molar-refractivity contribution < 1.29 is 4.79 Å². The van der Waals surface area contributed by atoms with Crippen LogP contribution in [0, 0.1) is 29.6 Å². The first-order valence-corrected chi connectivity index (χ1v) is 11.4. The van der Waals surface area contributed by atoms with E-state index in [1.165, 1.54) is 32.1 Å². The van der Waals surface area contributed by atoms with Crippen LogP contribution in [-0.2, 0) is 11.3 Å². The van der Waals surface area contributed by atoms with Crippen LogP contribution in [0.4, 0.5) is 0 Å². The van der Waals surface area contributed by atoms with E-state index in [-0.39, 0.29) is 17.4 Å². The number of carbonyl (C=O) groups is 1. The summed E-state index contributed by atoms with van der Waals surface area (Å²) in [5.74, 6) is 3.79. The molecule has 6 heteroatoms. The largest absolute Gasteiger partial charge is 0.335 e. The lowest BCUT2D eigenvalue weighted by Gasteiger charge is -2.54. The Morgan fingerprint density at radius 2 is 1.86 bits per heavy atom. The van der Waals surface area contributed by atoms with E-state index < -0.39 is 0 Å². The summed E-state index contributed by atoms with van der Waals surface area (Å²) in [4.78, 5) is 35.5. The van der Waals surface area contributed by atoms with Crippen molar-refractivity contribution in [3.05, 3.63) is 39.4 Å². The molecule has 4 saturated carbocycles. The molecule has 154 valence electrons. The molecule has 0 aliphatic heterocycles. The van der Waals surface area contributed by atoms with Gasteiger partial charge in [-0.2, -0.15) is 0 Å². The zero-order chi connectivity index (χ0) is 20.1. The van der Waals surface area contributed by atoms with Crippen molar-refractivity contribution in [2.24, 2.45) is 29.6 Å². The zero-order valence-electron chi connectivity index (χ0n) is 16.9. The summed E-state index contributed by atoms with van der Waals surface area (Å²) >= 11 is 6.08. The molecule has 0 atom stereocenters. The van der Waals surface area contributed by atoms with Crippen LogP contribution >= 0.6 is 11.6 Å². The molecule has 0 radical (unpaired) electrons. The minimum absolute atomic E-state index is 0.163. The molecule has 1 amide bonds. The van der Waals surface area contributed by atoms with Gasteiger partial charge in [0.1, 0.15) is 5.82 Å². The standard InChI is InChI=1S/C23H28ClN3O2/c1-2-5-27(12-20-25-19-11-17(24)3-4-18(19)22(28)26-20)23(29)21-15-7-13-6-14(9-15)10-16(21)8-13/h3-4,11,13-16,21H,2,5-10,12H2,1H3,(H,25,26,28). The van der Waals surface area contributed by atoms with Gasteiger partial charge in [0.25, 0.3) is 5.56 Å². The Balaban J connectivity index is 1.41. The Kier molecular flexibility index (Phi) is 4.89. The van der Waals surface area contributed by atoms with Crippen molar-refractivity contribution in [1.29, 1.82) is 0 Å². The second-order valence-electron chi connectivity index (χ2n) is 9.39. The molecule has 6 rings (SSSR count). The molecule has 1 aromatic carbocycles. The highest BCUT2D eigenvalue weighted by atomic mass is 35.5. The summed E-state index contributed by atoms with van der Waals surface area (Å²) in [5, 5.41) is 1.07. The van der Waals surface area contributed by atoms with Crippen LogP contribution in [0.2, 0.25) is 5.02 Å². The van der Waals surface area contributed by atoms with Gasteiger partial charge in [-0.15, -0.1) is 0 Å². The third-order valence-electron chi connectivity index (χ3n) is 7.38. The molecule has 0 spiro atoms. The molecule has 0 saturated heterocycles. The molecule has 29 heavy (non-hydrogen) atoms. The Morgan fingerprint density at radius 1 is 1.17 bits per heavy atom. The molecular weight excluding hydrogens is 386 g/mol. The smallest absolute Gasteiger partial charge is 0.258 e. The van der Waals surface area contributed by atoms with E-state index in [0.29, 0.717) is 46.7 Å². The third kappa shape index (κ3) is 3.48. The molecule has 5 nitrogen and oxygen atoms in total. The summed E-state index contributed by atoms with van der Waals surface area (Å²) in [6, 6.07) is 5.09. The van der Waals surface area contributed by atoms with Gasteiger partial charge in [-0.05, 0) is 80.4 Å². The minimum Gasteiger partial charge on any atom is -0.335 e. The average molecular weight is 414 g/mol. The summed E-state index contributed by atoms with van der Waals surface area (Å²) in [6.07, 6.45) is 7.19. The predicted octanol–water partition coefficient (Wildman–Crippen LogP) is 4.39. The highest BCUT2D eigenvalue weighted by Crippen LogP contribution is 2.56. The molecule has 1 N–H and O–H groups in total. The quantitative estimate of drug-likeness (QED) is 0.790. The first-order valence-electron chi connectivity index (χ1n) is 11.0. The lowest BCUT2D eigenvalue weighted by molar-refractivity contribution is -0.149. The SMILES string of the molecule is CCCN(Cc1nc2cc(Cl)ccc2c(=O)[nH]1)C(=O)C1C2CC3CC(C2)CC1C3. The second kappa shape index (κ2) is 7.42. The van der Waals surface area contributed by atoms with Gasteiger partial charge >= 0.3 is 0 Å². The van der Waals surface area contributed by atoms with Crippen molar-refractivity contribution in [3.8, 4) is 0 Å². The Labute approximate surface area is 175 Å². The lowest BCUT2D eigenvalue weighted by Crippen LogP contribution is -2.52. The third-order valence-corrected chi connectivity index (χ3v) is 7.61. The van der Waals surface area contributed by atoms with Gasteiger partial charge in [-0.1, -0.05) is 18.5 Å². The first kappa shape index (κ1) is 19.1. The van der Waals surface area contributed by atoms with Crippen LogP contribution < -0.4 is 5.56 Å². The van der Waals surface area contributed by atoms with E-state index in [9.17, 15) is 9.59 Å². The Hall–Kier alpha value is -1.88. The summed E-state index contributed by atoms with van der Waals surface area (Å²) in [5.41, 5.74) is 0.398. The fraction of sp³-hybridized carbons (Fsp3) is 0.609. The van der Waals surface area contributed by atoms with Gasteiger partial charge in [-0.25, -0.2) is 4.98 Å². The van der Waals surface area contributed by atoms with Crippen LogP contribution in [0.1, 0.15) is 51.3 Å². The summed E-state index contributed by atoms with van der Waals surface area (Å²) in [6.45, 7) is 3.14. The maximum absolute atomic E-state index is 13.6. The van der Waals surface area contributed by atoms with Crippen molar-refractivity contribution in [1.82, 2.24) is 14.9 Å². The van der Waals surface area contributed by atoms with Gasteiger partial charge in [0.15, 0.2) is 0 Å². The number of carbonyl (C=O) groups excluding carboxylic acids is 1. The molecule has 4 aliphatic carbocycles. The minimum atomic E-state index is -0.180. The number of aromatic amines is 1. The van der Waals surface area contributed by atoms with E-state index in [1.807, 2.05) is 4.90 Å². The number of benzene rings is 1. The van der Waals surface area contributed by atoms with Gasteiger partial charge in [0.05, 0.1) is 17.4 Å². The molecule has 4 aliphatic rings. The lowest BCUT2D eigenvalue weighted by atomic mass is 9.51. The number of hydrogen-bond acceptors (Lipinski definition) is 3. The number of nitrogens with one attached hydrogen (secondary N) is 1. The molecular formula is C23H28ClN3O2. The highest BCUT2D eigenvalue weighted by molar-refractivity contribution is 6.31. The van der Waals surface area contributed by atoms with E-state index in [2.05, 4.69) is 16.9 Å². The monoisotopic (exact) mass is 413 g/mol. The molecule has 1 aromatic heterocycles. The van der Waals surface area contributed by atoms with Crippen LogP contribution in [0.15, 0.2) is 23.0 Å². The van der Waals surface area contributed by atoms with E-state index >= 15 is 0 Å². The Bertz CT molecular complexity index is 973. The van der Waals surface area contributed by atoms with Crippen molar-refractivity contribution in [2.75, 3.05) is 6.54 Å². The number of aromatic nitrogens is 2.